The fourth-order valence-corrected chi connectivity index (χ4v) is 3.43. The van der Waals surface area contributed by atoms with Crippen LogP contribution < -0.4 is 0 Å². The van der Waals surface area contributed by atoms with E-state index in [4.69, 9.17) is 0 Å². The van der Waals surface area contributed by atoms with Gasteiger partial charge in [0.25, 0.3) is 0 Å². The van der Waals surface area contributed by atoms with Crippen LogP contribution in [0.15, 0.2) is 30.3 Å². The van der Waals surface area contributed by atoms with Crippen molar-refractivity contribution >= 4 is 5.91 Å². The van der Waals surface area contributed by atoms with Gasteiger partial charge in [-0.05, 0) is 44.3 Å². The van der Waals surface area contributed by atoms with Crippen LogP contribution in [0.25, 0.3) is 0 Å². The second-order valence-electron chi connectivity index (χ2n) is 6.01. The van der Waals surface area contributed by atoms with E-state index in [1.165, 1.54) is 31.5 Å². The minimum absolute atomic E-state index is 0.329. The number of benzene rings is 1. The highest BCUT2D eigenvalue weighted by Gasteiger charge is 2.31. The van der Waals surface area contributed by atoms with E-state index in [1.807, 2.05) is 18.2 Å². The van der Waals surface area contributed by atoms with Gasteiger partial charge in [-0.15, -0.1) is 0 Å². The van der Waals surface area contributed by atoms with Crippen LogP contribution in [0.5, 0.6) is 0 Å². The second-order valence-corrected chi connectivity index (χ2v) is 6.01. The first-order valence-corrected chi connectivity index (χ1v) is 7.89. The first-order valence-electron chi connectivity index (χ1n) is 7.89. The molecule has 1 amide bonds. The minimum Gasteiger partial charge on any atom is -0.341 e. The van der Waals surface area contributed by atoms with Gasteiger partial charge in [-0.2, -0.15) is 0 Å². The molecule has 3 heteroatoms. The molecule has 1 unspecified atom stereocenters. The van der Waals surface area contributed by atoms with Crippen molar-refractivity contribution in [1.82, 2.24) is 9.80 Å². The van der Waals surface area contributed by atoms with Crippen molar-refractivity contribution in [2.45, 2.75) is 38.1 Å². The molecule has 2 aliphatic rings. The van der Waals surface area contributed by atoms with Crippen LogP contribution in [0.3, 0.4) is 0 Å². The summed E-state index contributed by atoms with van der Waals surface area (Å²) in [4.78, 5) is 16.9. The average Bonchev–Trinajstić information content (AvgIpc) is 3.16. The first-order chi connectivity index (χ1) is 9.83. The summed E-state index contributed by atoms with van der Waals surface area (Å²) < 4.78 is 0. The van der Waals surface area contributed by atoms with Crippen LogP contribution in [-0.4, -0.2) is 47.9 Å². The number of carbonyl (C=O) groups excluding carboxylic acids is 1. The zero-order valence-corrected chi connectivity index (χ0v) is 12.1. The van der Waals surface area contributed by atoms with Crippen molar-refractivity contribution in [3.63, 3.8) is 0 Å². The molecule has 2 fully saturated rings. The quantitative estimate of drug-likeness (QED) is 0.840. The predicted octanol–water partition coefficient (Wildman–Crippen LogP) is 2.32. The Morgan fingerprint density at radius 3 is 2.60 bits per heavy atom. The number of rotatable bonds is 4. The Balaban J connectivity index is 1.46. The molecule has 3 nitrogen and oxygen atoms in total. The summed E-state index contributed by atoms with van der Waals surface area (Å²) >= 11 is 0. The Labute approximate surface area is 121 Å². The van der Waals surface area contributed by atoms with Gasteiger partial charge in [-0.25, -0.2) is 0 Å². The predicted molar refractivity (Wildman–Crippen MR) is 80.6 cm³/mol. The minimum atomic E-state index is 0.329. The molecule has 20 heavy (non-hydrogen) atoms. The lowest BCUT2D eigenvalue weighted by Gasteiger charge is -2.23. The van der Waals surface area contributed by atoms with Crippen LogP contribution in [0.1, 0.15) is 31.2 Å². The van der Waals surface area contributed by atoms with Crippen LogP contribution in [0.4, 0.5) is 0 Å². The highest BCUT2D eigenvalue weighted by molar-refractivity contribution is 5.76. The molecule has 0 spiro atoms. The molecule has 0 N–H and O–H groups in total. The molecule has 1 aromatic carbocycles. The fraction of sp³-hybridized carbons (Fsp3) is 0.588. The van der Waals surface area contributed by atoms with E-state index in [2.05, 4.69) is 21.9 Å². The lowest BCUT2D eigenvalue weighted by atomic mass is 10.1. The molecule has 0 aliphatic carbocycles. The largest absolute Gasteiger partial charge is 0.341 e. The maximum atomic E-state index is 12.3. The molecule has 2 heterocycles. The summed E-state index contributed by atoms with van der Waals surface area (Å²) in [7, 11) is 0. The van der Waals surface area contributed by atoms with Gasteiger partial charge in [-0.1, -0.05) is 30.3 Å². The molecule has 3 rings (SSSR count). The Bertz CT molecular complexity index is 440. The Hall–Kier alpha value is -1.35. The smallest absolute Gasteiger partial charge is 0.222 e. The molecule has 2 saturated heterocycles. The highest BCUT2D eigenvalue weighted by atomic mass is 16.2. The number of hydrogen-bond acceptors (Lipinski definition) is 2. The van der Waals surface area contributed by atoms with Crippen molar-refractivity contribution in [2.75, 3.05) is 26.2 Å². The van der Waals surface area contributed by atoms with Crippen LogP contribution in [0, 0.1) is 0 Å². The molecule has 2 aliphatic heterocycles. The number of likely N-dealkylation sites (tertiary alicyclic amines) is 2. The summed E-state index contributed by atoms with van der Waals surface area (Å²) in [6.07, 6.45) is 5.34. The molecule has 0 radical (unpaired) electrons. The van der Waals surface area contributed by atoms with Gasteiger partial charge in [0, 0.05) is 25.6 Å². The van der Waals surface area contributed by atoms with Crippen molar-refractivity contribution in [1.29, 1.82) is 0 Å². The maximum Gasteiger partial charge on any atom is 0.222 e. The summed E-state index contributed by atoms with van der Waals surface area (Å²) in [6, 6.07) is 10.9. The fourth-order valence-electron chi connectivity index (χ4n) is 3.43. The number of hydrogen-bond donors (Lipinski definition) is 0. The van der Waals surface area contributed by atoms with Crippen LogP contribution >= 0.6 is 0 Å². The third-order valence-electron chi connectivity index (χ3n) is 4.64. The summed E-state index contributed by atoms with van der Waals surface area (Å²) in [5.74, 6) is 0.329. The third kappa shape index (κ3) is 3.21. The number of aryl methyl sites for hydroxylation is 1. The topological polar surface area (TPSA) is 23.6 Å². The van der Waals surface area contributed by atoms with Gasteiger partial charge < -0.3 is 4.90 Å². The van der Waals surface area contributed by atoms with Crippen molar-refractivity contribution in [3.05, 3.63) is 35.9 Å². The second kappa shape index (κ2) is 6.40. The van der Waals surface area contributed by atoms with E-state index >= 15 is 0 Å². The van der Waals surface area contributed by atoms with Gasteiger partial charge in [-0.3, -0.25) is 9.69 Å². The van der Waals surface area contributed by atoms with E-state index in [-0.39, 0.29) is 0 Å². The van der Waals surface area contributed by atoms with Crippen LogP contribution in [0.2, 0.25) is 0 Å². The number of nitrogens with zero attached hydrogens (tertiary/aromatic N) is 2. The van der Waals surface area contributed by atoms with Crippen molar-refractivity contribution in [3.8, 4) is 0 Å². The SMILES string of the molecule is O=C(CCc1ccccc1)N1CCC(N2CCCC2)C1. The van der Waals surface area contributed by atoms with E-state index < -0.39 is 0 Å². The maximum absolute atomic E-state index is 12.3. The van der Waals surface area contributed by atoms with Gasteiger partial charge in [0.1, 0.15) is 0 Å². The summed E-state index contributed by atoms with van der Waals surface area (Å²) in [5.41, 5.74) is 1.26. The molecule has 1 aromatic rings. The summed E-state index contributed by atoms with van der Waals surface area (Å²) in [6.45, 7) is 4.37. The van der Waals surface area contributed by atoms with Gasteiger partial charge in [0.05, 0.1) is 0 Å². The van der Waals surface area contributed by atoms with Gasteiger partial charge in [0.2, 0.25) is 5.91 Å². The van der Waals surface area contributed by atoms with Crippen molar-refractivity contribution in [2.24, 2.45) is 0 Å². The van der Waals surface area contributed by atoms with E-state index in [9.17, 15) is 4.79 Å². The lowest BCUT2D eigenvalue weighted by molar-refractivity contribution is -0.130. The molecule has 0 saturated carbocycles. The molecular formula is C17H24N2O. The van der Waals surface area contributed by atoms with E-state index in [0.29, 0.717) is 18.4 Å². The van der Waals surface area contributed by atoms with Gasteiger partial charge >= 0.3 is 0 Å². The molecule has 0 bridgehead atoms. The third-order valence-corrected chi connectivity index (χ3v) is 4.64. The zero-order valence-electron chi connectivity index (χ0n) is 12.1. The van der Waals surface area contributed by atoms with Gasteiger partial charge in [0.15, 0.2) is 0 Å². The molecular weight excluding hydrogens is 248 g/mol. The van der Waals surface area contributed by atoms with Crippen molar-refractivity contribution < 1.29 is 4.79 Å². The number of carbonyl (C=O) groups is 1. The lowest BCUT2D eigenvalue weighted by Crippen LogP contribution is -2.37. The molecule has 1 atom stereocenters. The zero-order chi connectivity index (χ0) is 13.8. The highest BCUT2D eigenvalue weighted by Crippen LogP contribution is 2.21. The Kier molecular flexibility index (Phi) is 4.36. The van der Waals surface area contributed by atoms with E-state index in [1.54, 1.807) is 0 Å². The monoisotopic (exact) mass is 272 g/mol. The standard InChI is InChI=1S/C17H24N2O/c20-17(9-8-15-6-2-1-3-7-15)19-13-10-16(14-19)18-11-4-5-12-18/h1-3,6-7,16H,4-5,8-14H2. The first kappa shape index (κ1) is 13.6. The molecule has 0 aromatic heterocycles. The normalized spacial score (nSPS) is 23.4. The van der Waals surface area contributed by atoms with E-state index in [0.717, 1.165) is 25.9 Å². The Morgan fingerprint density at radius 2 is 1.85 bits per heavy atom. The summed E-state index contributed by atoms with van der Waals surface area (Å²) in [5, 5.41) is 0. The number of amides is 1. The molecule has 108 valence electrons. The average molecular weight is 272 g/mol. The van der Waals surface area contributed by atoms with Crippen LogP contribution in [-0.2, 0) is 11.2 Å². The Morgan fingerprint density at radius 1 is 1.10 bits per heavy atom.